The average molecular weight is 650 g/mol. The standard InChI is InChI=1S/C48H31N3/c1-49-48(35-23-21-33(22-24-35)37-18-10-13-31-11-2-4-14-36(31)37)41-16-6-8-19-43(41)50-51-44-20-9-7-17-42(44)47-45(51)30-27-34-26-28-39-38-15-5-3-12-32(38)25-29-40(39)46(34)47/h2-30H,1H2/b48-41-,50-43-. The number of para-hydroxylation sites is 1. The minimum Gasteiger partial charge on any atom is -0.263 e. The first-order valence-corrected chi connectivity index (χ1v) is 17.3. The maximum atomic E-state index is 5.40. The highest BCUT2D eigenvalue weighted by molar-refractivity contribution is 6.30. The lowest BCUT2D eigenvalue weighted by molar-refractivity contribution is 0.968. The molecule has 0 fully saturated rings. The molecule has 0 unspecified atom stereocenters. The third-order valence-corrected chi connectivity index (χ3v) is 10.3. The molecule has 10 rings (SSSR count). The highest BCUT2D eigenvalue weighted by atomic mass is 15.4. The summed E-state index contributed by atoms with van der Waals surface area (Å²) >= 11 is 0. The Kier molecular flexibility index (Phi) is 6.65. The third-order valence-electron chi connectivity index (χ3n) is 10.3. The van der Waals surface area contributed by atoms with Gasteiger partial charge in [0.05, 0.1) is 22.4 Å². The van der Waals surface area contributed by atoms with Gasteiger partial charge in [-0.3, -0.25) is 4.99 Å². The van der Waals surface area contributed by atoms with Gasteiger partial charge in [-0.25, -0.2) is 4.68 Å². The van der Waals surface area contributed by atoms with Gasteiger partial charge in [-0.2, -0.15) is 5.10 Å². The van der Waals surface area contributed by atoms with Crippen molar-refractivity contribution in [2.45, 2.75) is 0 Å². The van der Waals surface area contributed by atoms with Gasteiger partial charge in [0.15, 0.2) is 0 Å². The van der Waals surface area contributed by atoms with E-state index in [1.165, 1.54) is 59.4 Å². The van der Waals surface area contributed by atoms with Gasteiger partial charge in [0.25, 0.3) is 0 Å². The molecule has 0 radical (unpaired) electrons. The summed E-state index contributed by atoms with van der Waals surface area (Å²) < 4.78 is 2.10. The summed E-state index contributed by atoms with van der Waals surface area (Å²) in [6.07, 6.45) is 8.23. The number of benzene rings is 8. The zero-order valence-corrected chi connectivity index (χ0v) is 27.8. The van der Waals surface area contributed by atoms with Crippen molar-refractivity contribution in [1.29, 1.82) is 0 Å². The molecule has 1 aliphatic rings. The fraction of sp³-hybridized carbons (Fsp3) is 0. The van der Waals surface area contributed by atoms with Gasteiger partial charge in [0.2, 0.25) is 0 Å². The number of aromatic nitrogens is 1. The average Bonchev–Trinajstić information content (AvgIpc) is 3.51. The largest absolute Gasteiger partial charge is 0.263 e. The summed E-state index contributed by atoms with van der Waals surface area (Å²) in [6.45, 7) is 4.02. The van der Waals surface area contributed by atoms with E-state index in [0.29, 0.717) is 0 Å². The maximum Gasteiger partial charge on any atom is 0.0934 e. The molecule has 0 N–H and O–H groups in total. The second kappa shape index (κ2) is 11.6. The van der Waals surface area contributed by atoms with Crippen LogP contribution in [-0.2, 0) is 0 Å². The van der Waals surface area contributed by atoms with E-state index in [9.17, 15) is 0 Å². The van der Waals surface area contributed by atoms with Crippen molar-refractivity contribution in [3.8, 4) is 11.1 Å². The Labute approximate surface area is 295 Å². The predicted molar refractivity (Wildman–Crippen MR) is 219 cm³/mol. The molecule has 0 spiro atoms. The minimum absolute atomic E-state index is 0.794. The van der Waals surface area contributed by atoms with Crippen LogP contribution in [0.3, 0.4) is 0 Å². The van der Waals surface area contributed by atoms with Crippen molar-refractivity contribution >= 4 is 83.0 Å². The molecule has 51 heavy (non-hydrogen) atoms. The highest BCUT2D eigenvalue weighted by Crippen LogP contribution is 2.40. The van der Waals surface area contributed by atoms with Crippen molar-refractivity contribution in [1.82, 2.24) is 4.68 Å². The Morgan fingerprint density at radius 3 is 1.98 bits per heavy atom. The molecule has 0 bridgehead atoms. The summed E-state index contributed by atoms with van der Waals surface area (Å²) in [6, 6.07) is 54.3. The van der Waals surface area contributed by atoms with Crippen molar-refractivity contribution < 1.29 is 0 Å². The van der Waals surface area contributed by atoms with Crippen molar-refractivity contribution in [2.24, 2.45) is 10.1 Å². The van der Waals surface area contributed by atoms with Gasteiger partial charge in [0.1, 0.15) is 0 Å². The first-order chi connectivity index (χ1) is 25.3. The van der Waals surface area contributed by atoms with Crippen LogP contribution >= 0.6 is 0 Å². The van der Waals surface area contributed by atoms with E-state index in [2.05, 4.69) is 180 Å². The molecule has 8 aromatic carbocycles. The predicted octanol–water partition coefficient (Wildman–Crippen LogP) is 12.5. The summed E-state index contributed by atoms with van der Waals surface area (Å²) in [5.74, 6) is 0. The quantitative estimate of drug-likeness (QED) is 0.134. The highest BCUT2D eigenvalue weighted by Gasteiger charge is 2.18. The molecule has 3 nitrogen and oxygen atoms in total. The molecule has 0 aliphatic heterocycles. The van der Waals surface area contributed by atoms with Gasteiger partial charge in [-0.15, -0.1) is 0 Å². The second-order valence-electron chi connectivity index (χ2n) is 13.1. The Morgan fingerprint density at radius 2 is 1.14 bits per heavy atom. The maximum absolute atomic E-state index is 5.40. The molecule has 1 aromatic heterocycles. The van der Waals surface area contributed by atoms with Crippen LogP contribution in [-0.4, -0.2) is 17.1 Å². The zero-order chi connectivity index (χ0) is 33.9. The Balaban J connectivity index is 1.16. The van der Waals surface area contributed by atoms with Gasteiger partial charge in [-0.05, 0) is 79.1 Å². The first kappa shape index (κ1) is 29.1. The van der Waals surface area contributed by atoms with E-state index in [1.807, 2.05) is 12.2 Å². The van der Waals surface area contributed by atoms with E-state index in [0.717, 1.165) is 39.1 Å². The number of hydrogen-bond donors (Lipinski definition) is 0. The Morgan fingerprint density at radius 1 is 0.471 bits per heavy atom. The molecule has 0 atom stereocenters. The molecule has 3 heteroatoms. The van der Waals surface area contributed by atoms with Crippen molar-refractivity contribution in [2.75, 3.05) is 0 Å². The SMILES string of the molecule is C=N/C(=C1/C=CC=C/C1=N/n1c2ccccc2c2c3c(ccc4c5ccccc5ccc43)ccc21)c1ccc(-c2cccc3ccccc23)cc1. The van der Waals surface area contributed by atoms with Crippen LogP contribution in [0.25, 0.3) is 81.7 Å². The lowest BCUT2D eigenvalue weighted by Crippen LogP contribution is -2.06. The molecule has 9 aromatic rings. The van der Waals surface area contributed by atoms with Crippen LogP contribution in [0.5, 0.6) is 0 Å². The van der Waals surface area contributed by atoms with E-state index in [1.54, 1.807) is 0 Å². The normalized spacial score (nSPS) is 14.9. The fourth-order valence-corrected chi connectivity index (χ4v) is 7.95. The molecule has 1 aliphatic carbocycles. The van der Waals surface area contributed by atoms with Gasteiger partial charge < -0.3 is 0 Å². The van der Waals surface area contributed by atoms with E-state index >= 15 is 0 Å². The molecular formula is C48H31N3. The zero-order valence-electron chi connectivity index (χ0n) is 27.8. The van der Waals surface area contributed by atoms with Crippen LogP contribution in [0.15, 0.2) is 192 Å². The second-order valence-corrected chi connectivity index (χ2v) is 13.1. The van der Waals surface area contributed by atoms with Gasteiger partial charge >= 0.3 is 0 Å². The fourth-order valence-electron chi connectivity index (χ4n) is 7.95. The molecule has 0 amide bonds. The summed E-state index contributed by atoms with van der Waals surface area (Å²) in [7, 11) is 0. The van der Waals surface area contributed by atoms with Gasteiger partial charge in [0, 0.05) is 21.9 Å². The number of allylic oxidation sites excluding steroid dienone is 5. The lowest BCUT2D eigenvalue weighted by Gasteiger charge is -2.14. The van der Waals surface area contributed by atoms with Crippen molar-refractivity contribution in [3.05, 3.63) is 187 Å². The number of fused-ring (bicyclic) bond motifs is 10. The molecular weight excluding hydrogens is 619 g/mol. The Hall–Kier alpha value is -6.84. The van der Waals surface area contributed by atoms with Crippen LogP contribution in [0.4, 0.5) is 0 Å². The van der Waals surface area contributed by atoms with E-state index in [4.69, 9.17) is 5.10 Å². The monoisotopic (exact) mass is 649 g/mol. The Bertz CT molecular complexity index is 3020. The van der Waals surface area contributed by atoms with Crippen molar-refractivity contribution in [3.63, 3.8) is 0 Å². The topological polar surface area (TPSA) is 29.6 Å². The lowest BCUT2D eigenvalue weighted by atomic mass is 9.94. The number of rotatable bonds is 4. The molecule has 0 saturated carbocycles. The number of nitrogens with zero attached hydrogens (tertiary/aromatic N) is 3. The van der Waals surface area contributed by atoms with Crippen LogP contribution in [0.2, 0.25) is 0 Å². The smallest absolute Gasteiger partial charge is 0.0934 e. The van der Waals surface area contributed by atoms with E-state index < -0.39 is 0 Å². The summed E-state index contributed by atoms with van der Waals surface area (Å²) in [4.78, 5) is 4.59. The number of aliphatic imine (C=N–C) groups is 1. The molecule has 238 valence electrons. The van der Waals surface area contributed by atoms with Gasteiger partial charge in [-0.1, -0.05) is 158 Å². The summed E-state index contributed by atoms with van der Waals surface area (Å²) in [5.41, 5.74) is 8.02. The molecule has 1 heterocycles. The van der Waals surface area contributed by atoms with Crippen LogP contribution < -0.4 is 0 Å². The van der Waals surface area contributed by atoms with E-state index in [-0.39, 0.29) is 0 Å². The van der Waals surface area contributed by atoms with Crippen LogP contribution in [0, 0.1) is 0 Å². The molecule has 0 saturated heterocycles. The number of hydrogen-bond acceptors (Lipinski definition) is 2. The minimum atomic E-state index is 0.794. The van der Waals surface area contributed by atoms with Crippen LogP contribution in [0.1, 0.15) is 5.56 Å². The third kappa shape index (κ3) is 4.59. The first-order valence-electron chi connectivity index (χ1n) is 17.3. The summed E-state index contributed by atoms with van der Waals surface area (Å²) in [5, 5.41) is 17.7.